The zero-order valence-electron chi connectivity index (χ0n) is 11.3. The fraction of sp³-hybridized carbons (Fsp3) is 0.429. The minimum Gasteiger partial charge on any atom is -0.462 e. The van der Waals surface area contributed by atoms with Crippen molar-refractivity contribution in [1.29, 1.82) is 0 Å². The summed E-state index contributed by atoms with van der Waals surface area (Å²) in [4.78, 5) is 1.70. The molecule has 1 aromatic carbocycles. The van der Waals surface area contributed by atoms with Crippen molar-refractivity contribution in [3.8, 4) is 0 Å². The molecule has 1 N–H and O–H groups in total. The van der Waals surface area contributed by atoms with Crippen molar-refractivity contribution in [2.75, 3.05) is 24.5 Å². The fourth-order valence-corrected chi connectivity index (χ4v) is 2.72. The summed E-state index contributed by atoms with van der Waals surface area (Å²) >= 11 is 0. The molecule has 1 aromatic heterocycles. The second-order valence-corrected chi connectivity index (χ2v) is 5.21. The van der Waals surface area contributed by atoms with E-state index in [1.54, 1.807) is 11.8 Å². The predicted octanol–water partition coefficient (Wildman–Crippen LogP) is 2.96. The summed E-state index contributed by atoms with van der Waals surface area (Å²) in [5.74, 6) is -3.81. The van der Waals surface area contributed by atoms with Crippen LogP contribution in [0.15, 0.2) is 10.7 Å². The number of furan rings is 1. The Morgan fingerprint density at radius 1 is 1.25 bits per heavy atom. The van der Waals surface area contributed by atoms with E-state index >= 15 is 0 Å². The average molecular weight is 284 g/mol. The van der Waals surface area contributed by atoms with Crippen molar-refractivity contribution in [3.63, 3.8) is 0 Å². The van der Waals surface area contributed by atoms with Gasteiger partial charge in [-0.05, 0) is 19.4 Å². The van der Waals surface area contributed by atoms with Gasteiger partial charge in [-0.2, -0.15) is 0 Å². The van der Waals surface area contributed by atoms with Gasteiger partial charge in [0.25, 0.3) is 0 Å². The Balaban J connectivity index is 2.24. The summed E-state index contributed by atoms with van der Waals surface area (Å²) in [5, 5.41) is 3.24. The van der Waals surface area contributed by atoms with Gasteiger partial charge < -0.3 is 14.6 Å². The van der Waals surface area contributed by atoms with Crippen LogP contribution in [0.1, 0.15) is 12.5 Å². The molecule has 0 unspecified atom stereocenters. The number of fused-ring (bicyclic) bond motifs is 1. The maximum absolute atomic E-state index is 14.2. The van der Waals surface area contributed by atoms with Crippen LogP contribution in [0.5, 0.6) is 0 Å². The average Bonchev–Trinajstić information content (AvgIpc) is 2.78. The van der Waals surface area contributed by atoms with Gasteiger partial charge in [-0.25, -0.2) is 13.2 Å². The van der Waals surface area contributed by atoms with Gasteiger partial charge in [0.1, 0.15) is 5.69 Å². The molecule has 0 spiro atoms. The number of aryl methyl sites for hydroxylation is 1. The third-order valence-electron chi connectivity index (χ3n) is 3.69. The second kappa shape index (κ2) is 4.70. The molecule has 6 heteroatoms. The quantitative estimate of drug-likeness (QED) is 0.816. The molecule has 1 fully saturated rings. The molecule has 0 saturated carbocycles. The lowest BCUT2D eigenvalue weighted by atomic mass is 10.1. The molecule has 1 saturated heterocycles. The maximum atomic E-state index is 14.2. The third kappa shape index (κ3) is 1.86. The number of benzene rings is 1. The number of nitrogens with zero attached hydrogens (tertiary/aromatic N) is 1. The Kier molecular flexibility index (Phi) is 3.12. The van der Waals surface area contributed by atoms with Crippen molar-refractivity contribution in [2.24, 2.45) is 0 Å². The highest BCUT2D eigenvalue weighted by Crippen LogP contribution is 2.37. The topological polar surface area (TPSA) is 28.4 Å². The van der Waals surface area contributed by atoms with Gasteiger partial charge in [-0.3, -0.25) is 0 Å². The van der Waals surface area contributed by atoms with Crippen LogP contribution in [0.3, 0.4) is 0 Å². The molecule has 1 aliphatic rings. The summed E-state index contributed by atoms with van der Waals surface area (Å²) in [7, 11) is 0. The molecule has 2 aromatic rings. The number of hydrogen-bond acceptors (Lipinski definition) is 3. The number of piperazine rings is 1. The summed E-state index contributed by atoms with van der Waals surface area (Å²) in [6, 6.07) is 0.141. The van der Waals surface area contributed by atoms with Gasteiger partial charge in [0.05, 0.1) is 11.6 Å². The van der Waals surface area contributed by atoms with Gasteiger partial charge in [0.2, 0.25) is 0 Å². The molecule has 20 heavy (non-hydrogen) atoms. The molecule has 0 bridgehead atoms. The van der Waals surface area contributed by atoms with E-state index in [0.717, 1.165) is 0 Å². The smallest absolute Gasteiger partial charge is 0.197 e. The van der Waals surface area contributed by atoms with E-state index in [4.69, 9.17) is 4.42 Å². The Morgan fingerprint density at radius 2 is 2.00 bits per heavy atom. The molecule has 1 atom stereocenters. The normalized spacial score (nSPS) is 19.9. The van der Waals surface area contributed by atoms with Gasteiger partial charge in [0.15, 0.2) is 23.0 Å². The fourth-order valence-electron chi connectivity index (χ4n) is 2.72. The summed E-state index contributed by atoms with van der Waals surface area (Å²) in [5.41, 5.74) is 0.550. The van der Waals surface area contributed by atoms with Gasteiger partial charge in [-0.15, -0.1) is 0 Å². The Hall–Kier alpha value is -1.69. The highest BCUT2D eigenvalue weighted by Gasteiger charge is 2.29. The van der Waals surface area contributed by atoms with Crippen molar-refractivity contribution < 1.29 is 17.6 Å². The monoisotopic (exact) mass is 284 g/mol. The highest BCUT2D eigenvalue weighted by atomic mass is 19.2. The van der Waals surface area contributed by atoms with Crippen LogP contribution in [-0.4, -0.2) is 25.7 Å². The lowest BCUT2D eigenvalue weighted by molar-refractivity contribution is 0.439. The van der Waals surface area contributed by atoms with Crippen LogP contribution in [0.25, 0.3) is 11.0 Å². The lowest BCUT2D eigenvalue weighted by Gasteiger charge is -2.33. The number of rotatable bonds is 1. The van der Waals surface area contributed by atoms with E-state index in [1.165, 1.54) is 6.26 Å². The first kappa shape index (κ1) is 13.3. The second-order valence-electron chi connectivity index (χ2n) is 5.21. The van der Waals surface area contributed by atoms with Gasteiger partial charge in [0, 0.05) is 25.7 Å². The summed E-state index contributed by atoms with van der Waals surface area (Å²) < 4.78 is 47.1. The largest absolute Gasteiger partial charge is 0.462 e. The Morgan fingerprint density at radius 3 is 2.70 bits per heavy atom. The van der Waals surface area contributed by atoms with Crippen LogP contribution in [0.2, 0.25) is 0 Å². The number of hydrogen-bond donors (Lipinski definition) is 1. The van der Waals surface area contributed by atoms with Gasteiger partial charge in [-0.1, -0.05) is 0 Å². The highest BCUT2D eigenvalue weighted by molar-refractivity contribution is 5.93. The molecule has 0 amide bonds. The Labute approximate surface area is 114 Å². The zero-order valence-corrected chi connectivity index (χ0v) is 11.3. The molecule has 0 radical (unpaired) electrons. The first-order valence-corrected chi connectivity index (χ1v) is 6.53. The standard InChI is InChI=1S/C14H15F3N2O/c1-7-6-20-14-9(7)10(15)11(16)12(17)13(14)19-4-3-18-8(2)5-19/h6,8,18H,3-5H2,1-2H3/t8-/m0/s1. The van der Waals surface area contributed by atoms with Crippen LogP contribution in [-0.2, 0) is 0 Å². The molecule has 3 rings (SSSR count). The first-order valence-electron chi connectivity index (χ1n) is 6.53. The van der Waals surface area contributed by atoms with E-state index < -0.39 is 17.5 Å². The van der Waals surface area contributed by atoms with E-state index in [2.05, 4.69) is 5.32 Å². The molecular weight excluding hydrogens is 269 g/mol. The van der Waals surface area contributed by atoms with E-state index in [1.807, 2.05) is 6.92 Å². The maximum Gasteiger partial charge on any atom is 0.197 e. The van der Waals surface area contributed by atoms with E-state index in [-0.39, 0.29) is 22.7 Å². The van der Waals surface area contributed by atoms with Crippen LogP contribution in [0, 0.1) is 24.4 Å². The molecule has 2 heterocycles. The van der Waals surface area contributed by atoms with Crippen molar-refractivity contribution in [1.82, 2.24) is 5.32 Å². The minimum absolute atomic E-state index is 0.0142. The van der Waals surface area contributed by atoms with Crippen LogP contribution >= 0.6 is 0 Å². The molecule has 1 aliphatic heterocycles. The first-order chi connectivity index (χ1) is 9.50. The third-order valence-corrected chi connectivity index (χ3v) is 3.69. The summed E-state index contributed by atoms with van der Waals surface area (Å²) in [6.07, 6.45) is 1.32. The summed E-state index contributed by atoms with van der Waals surface area (Å²) in [6.45, 7) is 5.24. The minimum atomic E-state index is -1.44. The SMILES string of the molecule is Cc1coc2c(N3CCN[C@@H](C)C3)c(F)c(F)c(F)c12. The van der Waals surface area contributed by atoms with Crippen molar-refractivity contribution in [3.05, 3.63) is 29.3 Å². The van der Waals surface area contributed by atoms with Crippen LogP contribution < -0.4 is 10.2 Å². The van der Waals surface area contributed by atoms with Crippen LogP contribution in [0.4, 0.5) is 18.9 Å². The van der Waals surface area contributed by atoms with Crippen molar-refractivity contribution >= 4 is 16.7 Å². The zero-order chi connectivity index (χ0) is 14.4. The predicted molar refractivity (Wildman–Crippen MR) is 70.5 cm³/mol. The van der Waals surface area contributed by atoms with Gasteiger partial charge >= 0.3 is 0 Å². The van der Waals surface area contributed by atoms with E-state index in [9.17, 15) is 13.2 Å². The molecule has 0 aliphatic carbocycles. The number of nitrogens with one attached hydrogen (secondary N) is 1. The molecule has 3 nitrogen and oxygen atoms in total. The van der Waals surface area contributed by atoms with E-state index in [0.29, 0.717) is 25.2 Å². The number of halogens is 3. The molecule has 108 valence electrons. The molecular formula is C14H15F3N2O. The Bertz CT molecular complexity index is 668. The lowest BCUT2D eigenvalue weighted by Crippen LogP contribution is -2.49. The van der Waals surface area contributed by atoms with Crippen molar-refractivity contribution in [2.45, 2.75) is 19.9 Å². The number of anilines is 1.